The summed E-state index contributed by atoms with van der Waals surface area (Å²) in [4.78, 5) is 32.5. The molecule has 2 heterocycles. The highest BCUT2D eigenvalue weighted by Crippen LogP contribution is 2.20. The maximum atomic E-state index is 12.7. The number of benzene rings is 2. The van der Waals surface area contributed by atoms with E-state index in [1.54, 1.807) is 0 Å². The Bertz CT molecular complexity index is 1060. The van der Waals surface area contributed by atoms with Crippen LogP contribution in [0.5, 0.6) is 0 Å². The minimum absolute atomic E-state index is 0.00323. The van der Waals surface area contributed by atoms with Gasteiger partial charge in [-0.1, -0.05) is 36.4 Å². The van der Waals surface area contributed by atoms with E-state index in [9.17, 15) is 9.59 Å². The first kappa shape index (κ1) is 21.1. The fourth-order valence-corrected chi connectivity index (χ4v) is 4.29. The molecule has 0 radical (unpaired) electrons. The molecule has 0 atom stereocenters. The molecule has 2 aromatic carbocycles. The maximum Gasteiger partial charge on any atom is 0.238 e. The Morgan fingerprint density at radius 3 is 2.42 bits per heavy atom. The third-order valence-electron chi connectivity index (χ3n) is 6.12. The van der Waals surface area contributed by atoms with E-state index in [4.69, 9.17) is 0 Å². The van der Waals surface area contributed by atoms with Crippen LogP contribution in [0.1, 0.15) is 23.1 Å². The molecular formula is C25H30N4O2. The number of H-pyrrole nitrogens is 1. The number of carbonyl (C=O) groups is 2. The normalized spacial score (nSPS) is 14.7. The molecule has 1 saturated heterocycles. The van der Waals surface area contributed by atoms with E-state index >= 15 is 0 Å². The molecule has 6 heteroatoms. The molecule has 1 aliphatic heterocycles. The number of carbonyl (C=O) groups excluding carboxylic acids is 2. The van der Waals surface area contributed by atoms with Crippen molar-refractivity contribution in [2.24, 2.45) is 0 Å². The van der Waals surface area contributed by atoms with Gasteiger partial charge in [-0.05, 0) is 43.0 Å². The van der Waals surface area contributed by atoms with Gasteiger partial charge >= 0.3 is 0 Å². The average Bonchev–Trinajstić information content (AvgIpc) is 3.18. The van der Waals surface area contributed by atoms with Gasteiger partial charge in [-0.25, -0.2) is 0 Å². The molecule has 1 aliphatic rings. The SMILES string of the molecule is Cc1cccc(C)c1NC(=O)CN1CCN(C(=O)CCc2c[nH]c3ccccc23)CC1. The molecule has 0 spiro atoms. The first-order valence-electron chi connectivity index (χ1n) is 10.9. The number of rotatable bonds is 6. The summed E-state index contributed by atoms with van der Waals surface area (Å²) in [5.74, 6) is 0.182. The Morgan fingerprint density at radius 2 is 1.68 bits per heavy atom. The minimum Gasteiger partial charge on any atom is -0.361 e. The number of aromatic amines is 1. The van der Waals surface area contributed by atoms with E-state index in [-0.39, 0.29) is 11.8 Å². The first-order chi connectivity index (χ1) is 15.0. The molecule has 1 fully saturated rings. The van der Waals surface area contributed by atoms with Crippen molar-refractivity contribution in [3.8, 4) is 0 Å². The lowest BCUT2D eigenvalue weighted by Gasteiger charge is -2.34. The number of fused-ring (bicyclic) bond motifs is 1. The topological polar surface area (TPSA) is 68.4 Å². The molecule has 0 unspecified atom stereocenters. The van der Waals surface area contributed by atoms with Crippen LogP contribution in [-0.4, -0.2) is 59.3 Å². The van der Waals surface area contributed by atoms with Gasteiger partial charge in [0.1, 0.15) is 0 Å². The molecule has 31 heavy (non-hydrogen) atoms. The second kappa shape index (κ2) is 9.35. The Kier molecular flexibility index (Phi) is 6.37. The van der Waals surface area contributed by atoms with Crippen molar-refractivity contribution in [3.05, 3.63) is 65.4 Å². The van der Waals surface area contributed by atoms with Crippen molar-refractivity contribution < 1.29 is 9.59 Å². The summed E-state index contributed by atoms with van der Waals surface area (Å²) >= 11 is 0. The van der Waals surface area contributed by atoms with Gasteiger partial charge in [0.05, 0.1) is 6.54 Å². The van der Waals surface area contributed by atoms with Crippen molar-refractivity contribution in [3.63, 3.8) is 0 Å². The Morgan fingerprint density at radius 1 is 0.968 bits per heavy atom. The minimum atomic E-state index is -0.00323. The van der Waals surface area contributed by atoms with E-state index in [2.05, 4.69) is 27.3 Å². The number of nitrogens with zero attached hydrogens (tertiary/aromatic N) is 2. The van der Waals surface area contributed by atoms with Crippen LogP contribution in [0.3, 0.4) is 0 Å². The molecule has 0 saturated carbocycles. The lowest BCUT2D eigenvalue weighted by Crippen LogP contribution is -2.50. The molecule has 0 bridgehead atoms. The van der Waals surface area contributed by atoms with E-state index in [0.29, 0.717) is 26.1 Å². The van der Waals surface area contributed by atoms with Crippen LogP contribution in [0, 0.1) is 13.8 Å². The molecule has 0 aliphatic carbocycles. The van der Waals surface area contributed by atoms with Crippen LogP contribution in [0.15, 0.2) is 48.7 Å². The number of nitrogens with one attached hydrogen (secondary N) is 2. The van der Waals surface area contributed by atoms with Crippen molar-refractivity contribution in [2.75, 3.05) is 38.0 Å². The summed E-state index contributed by atoms with van der Waals surface area (Å²) in [6, 6.07) is 14.2. The van der Waals surface area contributed by atoms with Gasteiger partial charge in [0.25, 0.3) is 0 Å². The second-order valence-corrected chi connectivity index (χ2v) is 8.33. The van der Waals surface area contributed by atoms with Crippen LogP contribution in [0.4, 0.5) is 5.69 Å². The average molecular weight is 419 g/mol. The zero-order valence-corrected chi connectivity index (χ0v) is 18.3. The molecular weight excluding hydrogens is 388 g/mol. The highest BCUT2D eigenvalue weighted by atomic mass is 16.2. The monoisotopic (exact) mass is 418 g/mol. The van der Waals surface area contributed by atoms with Gasteiger partial charge < -0.3 is 15.2 Å². The van der Waals surface area contributed by atoms with Crippen LogP contribution in [-0.2, 0) is 16.0 Å². The third-order valence-corrected chi connectivity index (χ3v) is 6.12. The molecule has 3 aromatic rings. The molecule has 4 rings (SSSR count). The van der Waals surface area contributed by atoms with Gasteiger partial charge in [0, 0.05) is 55.4 Å². The third kappa shape index (κ3) is 4.97. The Hall–Kier alpha value is -3.12. The van der Waals surface area contributed by atoms with Crippen LogP contribution in [0.2, 0.25) is 0 Å². The zero-order chi connectivity index (χ0) is 21.8. The molecule has 2 N–H and O–H groups in total. The standard InChI is InChI=1S/C25H30N4O2/c1-18-6-5-7-19(2)25(18)27-23(30)17-28-12-14-29(15-13-28)24(31)11-10-20-16-26-22-9-4-3-8-21(20)22/h3-9,16,26H,10-15,17H2,1-2H3,(H,27,30). The summed E-state index contributed by atoms with van der Waals surface area (Å²) in [7, 11) is 0. The Balaban J connectivity index is 1.23. The maximum absolute atomic E-state index is 12.7. The lowest BCUT2D eigenvalue weighted by atomic mass is 10.1. The van der Waals surface area contributed by atoms with Crippen LogP contribution >= 0.6 is 0 Å². The first-order valence-corrected chi connectivity index (χ1v) is 10.9. The summed E-state index contributed by atoms with van der Waals surface area (Å²) in [5, 5.41) is 4.24. The van der Waals surface area contributed by atoms with Gasteiger partial charge in [0.2, 0.25) is 11.8 Å². The number of hydrogen-bond donors (Lipinski definition) is 2. The van der Waals surface area contributed by atoms with Gasteiger partial charge in [-0.3, -0.25) is 14.5 Å². The molecule has 6 nitrogen and oxygen atoms in total. The number of para-hydroxylation sites is 2. The van der Waals surface area contributed by atoms with Crippen molar-refractivity contribution in [1.82, 2.24) is 14.8 Å². The smallest absolute Gasteiger partial charge is 0.238 e. The van der Waals surface area contributed by atoms with Crippen LogP contribution in [0.25, 0.3) is 10.9 Å². The van der Waals surface area contributed by atoms with E-state index in [0.717, 1.165) is 41.8 Å². The summed E-state index contributed by atoms with van der Waals surface area (Å²) in [6.45, 7) is 7.14. The number of hydrogen-bond acceptors (Lipinski definition) is 3. The number of piperazine rings is 1. The fraction of sp³-hybridized carbons (Fsp3) is 0.360. The van der Waals surface area contributed by atoms with Gasteiger partial charge in [-0.2, -0.15) is 0 Å². The number of aromatic nitrogens is 1. The van der Waals surface area contributed by atoms with Crippen molar-refractivity contribution in [2.45, 2.75) is 26.7 Å². The highest BCUT2D eigenvalue weighted by molar-refractivity contribution is 5.93. The number of aryl methyl sites for hydroxylation is 3. The quantitative estimate of drug-likeness (QED) is 0.644. The molecule has 162 valence electrons. The van der Waals surface area contributed by atoms with Gasteiger partial charge in [-0.15, -0.1) is 0 Å². The lowest BCUT2D eigenvalue weighted by molar-refractivity contribution is -0.133. The van der Waals surface area contributed by atoms with E-state index in [1.165, 1.54) is 10.9 Å². The highest BCUT2D eigenvalue weighted by Gasteiger charge is 2.22. The zero-order valence-electron chi connectivity index (χ0n) is 18.3. The summed E-state index contributed by atoms with van der Waals surface area (Å²) in [6.07, 6.45) is 3.25. The van der Waals surface area contributed by atoms with Crippen molar-refractivity contribution >= 4 is 28.4 Å². The summed E-state index contributed by atoms with van der Waals surface area (Å²) in [5.41, 5.74) is 5.33. The van der Waals surface area contributed by atoms with E-state index < -0.39 is 0 Å². The predicted molar refractivity (Wildman–Crippen MR) is 124 cm³/mol. The van der Waals surface area contributed by atoms with Crippen LogP contribution < -0.4 is 5.32 Å². The molecule has 1 aromatic heterocycles. The Labute approximate surface area is 183 Å². The fourth-order valence-electron chi connectivity index (χ4n) is 4.29. The molecule has 2 amide bonds. The second-order valence-electron chi connectivity index (χ2n) is 8.33. The van der Waals surface area contributed by atoms with Gasteiger partial charge in [0.15, 0.2) is 0 Å². The largest absolute Gasteiger partial charge is 0.361 e. The number of amides is 2. The van der Waals surface area contributed by atoms with Crippen molar-refractivity contribution in [1.29, 1.82) is 0 Å². The summed E-state index contributed by atoms with van der Waals surface area (Å²) < 4.78 is 0. The number of anilines is 1. The predicted octanol–water partition coefficient (Wildman–Crippen LogP) is 3.50. The van der Waals surface area contributed by atoms with E-state index in [1.807, 2.05) is 55.3 Å².